The van der Waals surface area contributed by atoms with E-state index in [1.165, 1.54) is 4.90 Å². The van der Waals surface area contributed by atoms with Crippen molar-refractivity contribution in [2.75, 3.05) is 16.8 Å². The maximum Gasteiger partial charge on any atom is 0.244 e. The van der Waals surface area contributed by atoms with Gasteiger partial charge in [0, 0.05) is 17.1 Å². The molecule has 0 radical (unpaired) electrons. The van der Waals surface area contributed by atoms with E-state index in [0.717, 1.165) is 22.1 Å². The Hall–Kier alpha value is -3.15. The predicted molar refractivity (Wildman–Crippen MR) is 89.9 cm³/mol. The molecular formula is C18H15N3O3. The van der Waals surface area contributed by atoms with Crippen molar-refractivity contribution in [1.82, 2.24) is 4.98 Å². The minimum absolute atomic E-state index is 0.0301. The van der Waals surface area contributed by atoms with Gasteiger partial charge in [-0.25, -0.2) is 4.98 Å². The number of benzene rings is 1. The number of nitrogens with zero attached hydrogens (tertiary/aromatic N) is 2. The highest BCUT2D eigenvalue weighted by Crippen LogP contribution is 2.29. The second kappa shape index (κ2) is 5.49. The van der Waals surface area contributed by atoms with Crippen LogP contribution < -0.4 is 10.2 Å². The van der Waals surface area contributed by atoms with Gasteiger partial charge in [-0.2, -0.15) is 0 Å². The van der Waals surface area contributed by atoms with Gasteiger partial charge in [-0.05, 0) is 24.6 Å². The molecular weight excluding hydrogens is 306 g/mol. The van der Waals surface area contributed by atoms with Gasteiger partial charge in [0.05, 0.1) is 18.4 Å². The van der Waals surface area contributed by atoms with Gasteiger partial charge in [0.2, 0.25) is 11.8 Å². The quantitative estimate of drug-likeness (QED) is 0.787. The summed E-state index contributed by atoms with van der Waals surface area (Å²) in [6.45, 7) is 1.86. The number of rotatable bonds is 2. The molecule has 0 fully saturated rings. The Bertz CT molecular complexity index is 961. The van der Waals surface area contributed by atoms with E-state index < -0.39 is 0 Å². The highest BCUT2D eigenvalue weighted by molar-refractivity contribution is 6.09. The lowest BCUT2D eigenvalue weighted by Crippen LogP contribution is -2.43. The largest absolute Gasteiger partial charge is 0.464 e. The molecule has 1 aliphatic rings. The second-order valence-electron chi connectivity index (χ2n) is 5.85. The molecule has 3 aromatic rings. The monoisotopic (exact) mass is 321 g/mol. The van der Waals surface area contributed by atoms with Gasteiger partial charge in [0.15, 0.2) is 5.82 Å². The Labute approximate surface area is 138 Å². The molecule has 0 bridgehead atoms. The number of furan rings is 1. The van der Waals surface area contributed by atoms with Crippen molar-refractivity contribution in [3.8, 4) is 0 Å². The van der Waals surface area contributed by atoms with Crippen LogP contribution >= 0.6 is 0 Å². The first-order valence-corrected chi connectivity index (χ1v) is 7.64. The van der Waals surface area contributed by atoms with Crippen LogP contribution in [-0.4, -0.2) is 23.3 Å². The Morgan fingerprint density at radius 1 is 1.38 bits per heavy atom. The van der Waals surface area contributed by atoms with Crippen LogP contribution in [0.2, 0.25) is 0 Å². The third-order valence-electron chi connectivity index (χ3n) is 4.04. The molecule has 1 aliphatic heterocycles. The molecule has 0 spiro atoms. The van der Waals surface area contributed by atoms with Gasteiger partial charge < -0.3 is 9.73 Å². The number of pyridine rings is 1. The standard InChI is InChI=1S/C18H15N3O3/c1-11-6-14-18(19-8-11)21(9-16(22)20-14)17(23)7-12-10-24-15-5-3-2-4-13(12)15/h2-6,8,10H,7,9H2,1H3,(H,20,22). The second-order valence-corrected chi connectivity index (χ2v) is 5.85. The van der Waals surface area contributed by atoms with Crippen molar-refractivity contribution in [2.24, 2.45) is 0 Å². The number of para-hydroxylation sites is 1. The van der Waals surface area contributed by atoms with Gasteiger partial charge >= 0.3 is 0 Å². The number of fused-ring (bicyclic) bond motifs is 2. The number of aromatic nitrogens is 1. The summed E-state index contributed by atoms with van der Waals surface area (Å²) in [5.41, 5.74) is 3.03. The minimum Gasteiger partial charge on any atom is -0.464 e. The van der Waals surface area contributed by atoms with Crippen LogP contribution in [-0.2, 0) is 16.0 Å². The minimum atomic E-state index is -0.222. The topological polar surface area (TPSA) is 75.4 Å². The molecule has 0 unspecified atom stereocenters. The number of aryl methyl sites for hydroxylation is 1. The summed E-state index contributed by atoms with van der Waals surface area (Å²) < 4.78 is 5.48. The van der Waals surface area contributed by atoms with E-state index >= 15 is 0 Å². The molecule has 6 nitrogen and oxygen atoms in total. The SMILES string of the molecule is Cc1cnc2c(c1)NC(=O)CN2C(=O)Cc1coc2ccccc12. The van der Waals surface area contributed by atoms with Crippen molar-refractivity contribution < 1.29 is 14.0 Å². The third kappa shape index (κ3) is 2.42. The fraction of sp³-hybridized carbons (Fsp3) is 0.167. The number of carbonyl (C=O) groups is 2. The average molecular weight is 321 g/mol. The van der Waals surface area contributed by atoms with E-state index in [1.54, 1.807) is 12.5 Å². The van der Waals surface area contributed by atoms with Gasteiger partial charge in [-0.15, -0.1) is 0 Å². The highest BCUT2D eigenvalue weighted by Gasteiger charge is 2.28. The lowest BCUT2D eigenvalue weighted by Gasteiger charge is -2.28. The molecule has 0 saturated carbocycles. The number of amides is 2. The van der Waals surface area contributed by atoms with Crippen molar-refractivity contribution >= 4 is 34.3 Å². The normalized spacial score (nSPS) is 13.7. The summed E-state index contributed by atoms with van der Waals surface area (Å²) in [5, 5.41) is 3.67. The predicted octanol–water partition coefficient (Wildman–Crippen LogP) is 2.66. The molecule has 4 rings (SSSR count). The van der Waals surface area contributed by atoms with Crippen LogP contribution in [0, 0.1) is 6.92 Å². The Morgan fingerprint density at radius 2 is 2.21 bits per heavy atom. The zero-order valence-electron chi connectivity index (χ0n) is 13.1. The van der Waals surface area contributed by atoms with Gasteiger partial charge in [0.1, 0.15) is 12.1 Å². The fourth-order valence-corrected chi connectivity index (χ4v) is 2.91. The zero-order valence-corrected chi connectivity index (χ0v) is 13.1. The Balaban J connectivity index is 1.66. The summed E-state index contributed by atoms with van der Waals surface area (Å²) in [5.74, 6) is 0.0762. The summed E-state index contributed by atoms with van der Waals surface area (Å²) >= 11 is 0. The lowest BCUT2D eigenvalue weighted by molar-refractivity contribution is -0.121. The van der Waals surface area contributed by atoms with E-state index in [-0.39, 0.29) is 24.8 Å². The van der Waals surface area contributed by atoms with Crippen LogP contribution in [0.5, 0.6) is 0 Å². The van der Waals surface area contributed by atoms with Crippen molar-refractivity contribution in [2.45, 2.75) is 13.3 Å². The number of hydrogen-bond donors (Lipinski definition) is 1. The Kier molecular flexibility index (Phi) is 3.30. The smallest absolute Gasteiger partial charge is 0.244 e. The zero-order chi connectivity index (χ0) is 16.7. The van der Waals surface area contributed by atoms with Crippen molar-refractivity contribution in [1.29, 1.82) is 0 Å². The molecule has 24 heavy (non-hydrogen) atoms. The first kappa shape index (κ1) is 14.4. The van der Waals surface area contributed by atoms with Gasteiger partial charge in [0.25, 0.3) is 0 Å². The van der Waals surface area contributed by atoms with E-state index in [0.29, 0.717) is 11.5 Å². The molecule has 3 heterocycles. The molecule has 0 saturated heterocycles. The highest BCUT2D eigenvalue weighted by atomic mass is 16.3. The summed E-state index contributed by atoms with van der Waals surface area (Å²) in [7, 11) is 0. The van der Waals surface area contributed by atoms with E-state index in [2.05, 4.69) is 10.3 Å². The molecule has 2 amide bonds. The maximum absolute atomic E-state index is 12.8. The summed E-state index contributed by atoms with van der Waals surface area (Å²) in [4.78, 5) is 30.4. The van der Waals surface area contributed by atoms with Crippen LogP contribution in [0.3, 0.4) is 0 Å². The Morgan fingerprint density at radius 3 is 3.08 bits per heavy atom. The first-order chi connectivity index (χ1) is 11.6. The molecule has 1 aromatic carbocycles. The number of carbonyl (C=O) groups excluding carboxylic acids is 2. The lowest BCUT2D eigenvalue weighted by atomic mass is 10.1. The summed E-state index contributed by atoms with van der Waals surface area (Å²) in [6, 6.07) is 9.37. The summed E-state index contributed by atoms with van der Waals surface area (Å²) in [6.07, 6.45) is 3.43. The van der Waals surface area contributed by atoms with Crippen molar-refractivity contribution in [3.63, 3.8) is 0 Å². The van der Waals surface area contributed by atoms with Crippen LogP contribution in [0.25, 0.3) is 11.0 Å². The number of nitrogens with one attached hydrogen (secondary N) is 1. The molecule has 120 valence electrons. The number of hydrogen-bond acceptors (Lipinski definition) is 4. The van der Waals surface area contributed by atoms with E-state index in [1.807, 2.05) is 37.3 Å². The average Bonchev–Trinajstić information content (AvgIpc) is 2.97. The van der Waals surface area contributed by atoms with E-state index in [9.17, 15) is 9.59 Å². The number of anilines is 2. The van der Waals surface area contributed by atoms with Crippen molar-refractivity contribution in [3.05, 3.63) is 53.9 Å². The van der Waals surface area contributed by atoms with Crippen LogP contribution in [0.4, 0.5) is 11.5 Å². The van der Waals surface area contributed by atoms with Gasteiger partial charge in [-0.3, -0.25) is 14.5 Å². The molecule has 2 aromatic heterocycles. The molecule has 6 heteroatoms. The molecule has 0 atom stereocenters. The fourth-order valence-electron chi connectivity index (χ4n) is 2.91. The maximum atomic E-state index is 12.8. The van der Waals surface area contributed by atoms with Gasteiger partial charge in [-0.1, -0.05) is 18.2 Å². The third-order valence-corrected chi connectivity index (χ3v) is 4.04. The van der Waals surface area contributed by atoms with Crippen LogP contribution in [0.1, 0.15) is 11.1 Å². The molecule has 0 aliphatic carbocycles. The van der Waals surface area contributed by atoms with E-state index in [4.69, 9.17) is 4.42 Å². The first-order valence-electron chi connectivity index (χ1n) is 7.64. The molecule has 1 N–H and O–H groups in total. The van der Waals surface area contributed by atoms with Crippen LogP contribution in [0.15, 0.2) is 47.2 Å².